The molecular formula is C13H20O6S. The summed E-state index contributed by atoms with van der Waals surface area (Å²) in [5.41, 5.74) is 0.432. The third kappa shape index (κ3) is 5.46. The van der Waals surface area contributed by atoms with Crippen LogP contribution in [0.5, 0.6) is 5.75 Å². The first-order valence-electron chi connectivity index (χ1n) is 6.00. The zero-order valence-electron chi connectivity index (χ0n) is 12.0. The number of ether oxygens (including phenoxy) is 2. The summed E-state index contributed by atoms with van der Waals surface area (Å²) < 4.78 is 37.8. The quantitative estimate of drug-likeness (QED) is 0.611. The number of benzene rings is 1. The van der Waals surface area contributed by atoms with E-state index in [1.807, 2.05) is 0 Å². The molecule has 1 aromatic carbocycles. The fourth-order valence-corrected chi connectivity index (χ4v) is 1.89. The predicted molar refractivity (Wildman–Crippen MR) is 73.8 cm³/mol. The van der Waals surface area contributed by atoms with Crippen molar-refractivity contribution in [3.8, 4) is 5.75 Å². The van der Waals surface area contributed by atoms with Crippen molar-refractivity contribution in [3.63, 3.8) is 0 Å². The second kappa shape index (κ2) is 6.53. The molecule has 0 saturated heterocycles. The molecule has 7 heteroatoms. The Bertz CT molecular complexity index is 538. The first-order chi connectivity index (χ1) is 9.14. The summed E-state index contributed by atoms with van der Waals surface area (Å²) in [4.78, 5) is 0. The number of phenolic OH excluding ortho intramolecular Hbond substituents is 1. The number of phenols is 1. The van der Waals surface area contributed by atoms with Crippen molar-refractivity contribution >= 4 is 10.1 Å². The summed E-state index contributed by atoms with van der Waals surface area (Å²) in [6, 6.07) is 6.50. The molecular weight excluding hydrogens is 284 g/mol. The van der Waals surface area contributed by atoms with Crippen molar-refractivity contribution < 1.29 is 27.2 Å². The van der Waals surface area contributed by atoms with Gasteiger partial charge in [0.2, 0.25) is 0 Å². The van der Waals surface area contributed by atoms with E-state index in [0.29, 0.717) is 5.56 Å². The molecule has 0 saturated carbocycles. The molecule has 0 bridgehead atoms. The Morgan fingerprint density at radius 3 is 2.40 bits per heavy atom. The van der Waals surface area contributed by atoms with Crippen LogP contribution in [-0.2, 0) is 23.8 Å². The van der Waals surface area contributed by atoms with Gasteiger partial charge in [0.15, 0.2) is 5.79 Å². The number of hydrogen-bond donors (Lipinski definition) is 1. The topological polar surface area (TPSA) is 82.1 Å². The molecule has 1 atom stereocenters. The van der Waals surface area contributed by atoms with Crippen molar-refractivity contribution in [1.29, 1.82) is 0 Å². The molecule has 0 aromatic heterocycles. The standard InChI is InChI=1S/C13H20O6S/c1-13(2,17-3)19-12(9-18-20(4,15)16)10-7-5-6-8-11(10)14/h5-8,12,14H,9H2,1-4H3. The molecule has 1 aromatic rings. The molecule has 0 aliphatic rings. The Kier molecular flexibility index (Phi) is 5.52. The van der Waals surface area contributed by atoms with E-state index >= 15 is 0 Å². The van der Waals surface area contributed by atoms with Gasteiger partial charge in [-0.05, 0) is 19.9 Å². The maximum atomic E-state index is 11.1. The lowest BCUT2D eigenvalue weighted by atomic mass is 10.1. The maximum Gasteiger partial charge on any atom is 0.264 e. The third-order valence-corrected chi connectivity index (χ3v) is 3.20. The van der Waals surface area contributed by atoms with Gasteiger partial charge in [0.1, 0.15) is 11.9 Å². The summed E-state index contributed by atoms with van der Waals surface area (Å²) in [6.45, 7) is 3.12. The SMILES string of the molecule is COC(C)(C)OC(COS(C)(=O)=O)c1ccccc1O. The van der Waals surface area contributed by atoms with Crippen LogP contribution in [0.25, 0.3) is 0 Å². The van der Waals surface area contributed by atoms with Gasteiger partial charge >= 0.3 is 0 Å². The van der Waals surface area contributed by atoms with Gasteiger partial charge in [-0.3, -0.25) is 4.18 Å². The first kappa shape index (κ1) is 16.9. The van der Waals surface area contributed by atoms with Crippen LogP contribution in [0.15, 0.2) is 24.3 Å². The lowest BCUT2D eigenvalue weighted by molar-refractivity contribution is -0.230. The molecule has 0 fully saturated rings. The molecule has 6 nitrogen and oxygen atoms in total. The van der Waals surface area contributed by atoms with E-state index in [1.165, 1.54) is 13.2 Å². The van der Waals surface area contributed by atoms with Crippen molar-refractivity contribution in [2.75, 3.05) is 20.0 Å². The molecule has 1 unspecified atom stereocenters. The van der Waals surface area contributed by atoms with E-state index in [9.17, 15) is 13.5 Å². The molecule has 114 valence electrons. The Morgan fingerprint density at radius 1 is 1.30 bits per heavy atom. The fourth-order valence-electron chi connectivity index (χ4n) is 1.52. The van der Waals surface area contributed by atoms with Gasteiger partial charge in [0.25, 0.3) is 10.1 Å². The molecule has 0 amide bonds. The number of methoxy groups -OCH3 is 1. The van der Waals surface area contributed by atoms with Gasteiger partial charge in [0, 0.05) is 12.7 Å². The van der Waals surface area contributed by atoms with Crippen molar-refractivity contribution in [3.05, 3.63) is 29.8 Å². The van der Waals surface area contributed by atoms with Gasteiger partial charge in [-0.25, -0.2) is 0 Å². The molecule has 0 heterocycles. The summed E-state index contributed by atoms with van der Waals surface area (Å²) in [7, 11) is -2.13. The number of aromatic hydroxyl groups is 1. The highest BCUT2D eigenvalue weighted by molar-refractivity contribution is 7.85. The minimum atomic E-state index is -3.60. The van der Waals surface area contributed by atoms with E-state index < -0.39 is 22.0 Å². The summed E-state index contributed by atoms with van der Waals surface area (Å²) in [5, 5.41) is 9.85. The summed E-state index contributed by atoms with van der Waals surface area (Å²) >= 11 is 0. The van der Waals surface area contributed by atoms with Gasteiger partial charge < -0.3 is 14.6 Å². The van der Waals surface area contributed by atoms with Gasteiger partial charge in [-0.15, -0.1) is 0 Å². The van der Waals surface area contributed by atoms with Gasteiger partial charge in [0.05, 0.1) is 12.9 Å². The van der Waals surface area contributed by atoms with Gasteiger partial charge in [-0.2, -0.15) is 8.42 Å². The fraction of sp³-hybridized carbons (Fsp3) is 0.538. The van der Waals surface area contributed by atoms with Gasteiger partial charge in [-0.1, -0.05) is 18.2 Å². The van der Waals surface area contributed by atoms with E-state index in [4.69, 9.17) is 13.7 Å². The molecule has 0 spiro atoms. The Balaban J connectivity index is 2.99. The molecule has 0 aliphatic carbocycles. The zero-order valence-corrected chi connectivity index (χ0v) is 12.8. The van der Waals surface area contributed by atoms with Crippen LogP contribution in [0.2, 0.25) is 0 Å². The van der Waals surface area contributed by atoms with Crippen LogP contribution in [0.4, 0.5) is 0 Å². The Morgan fingerprint density at radius 2 is 1.90 bits per heavy atom. The lowest BCUT2D eigenvalue weighted by Gasteiger charge is -2.29. The average molecular weight is 304 g/mol. The largest absolute Gasteiger partial charge is 0.508 e. The second-order valence-corrected chi connectivity index (χ2v) is 6.40. The predicted octanol–water partition coefficient (Wildman–Crippen LogP) is 1.81. The van der Waals surface area contributed by atoms with Crippen molar-refractivity contribution in [2.24, 2.45) is 0 Å². The zero-order chi connectivity index (χ0) is 15.4. The highest BCUT2D eigenvalue weighted by atomic mass is 32.2. The van der Waals surface area contributed by atoms with Crippen molar-refractivity contribution in [1.82, 2.24) is 0 Å². The first-order valence-corrected chi connectivity index (χ1v) is 7.81. The van der Waals surface area contributed by atoms with E-state index in [2.05, 4.69) is 0 Å². The Labute approximate surface area is 119 Å². The summed E-state index contributed by atoms with van der Waals surface area (Å²) in [5.74, 6) is -0.949. The molecule has 1 rings (SSSR count). The van der Waals surface area contributed by atoms with Crippen LogP contribution in [0.1, 0.15) is 25.5 Å². The molecule has 0 radical (unpaired) electrons. The minimum Gasteiger partial charge on any atom is -0.508 e. The molecule has 20 heavy (non-hydrogen) atoms. The van der Waals surface area contributed by atoms with Crippen LogP contribution in [0.3, 0.4) is 0 Å². The summed E-state index contributed by atoms with van der Waals surface area (Å²) in [6.07, 6.45) is 0.178. The lowest BCUT2D eigenvalue weighted by Crippen LogP contribution is -2.31. The average Bonchev–Trinajstić information content (AvgIpc) is 2.34. The highest BCUT2D eigenvalue weighted by Gasteiger charge is 2.27. The monoisotopic (exact) mass is 304 g/mol. The van der Waals surface area contributed by atoms with E-state index in [-0.39, 0.29) is 12.4 Å². The highest BCUT2D eigenvalue weighted by Crippen LogP contribution is 2.31. The molecule has 1 N–H and O–H groups in total. The third-order valence-electron chi connectivity index (χ3n) is 2.63. The van der Waals surface area contributed by atoms with E-state index in [0.717, 1.165) is 6.26 Å². The molecule has 0 aliphatic heterocycles. The smallest absolute Gasteiger partial charge is 0.264 e. The number of para-hydroxylation sites is 1. The normalized spacial score (nSPS) is 14.2. The minimum absolute atomic E-state index is 0.00139. The number of rotatable bonds is 7. The van der Waals surface area contributed by atoms with Crippen LogP contribution < -0.4 is 0 Å². The van der Waals surface area contributed by atoms with Crippen LogP contribution in [-0.4, -0.2) is 39.3 Å². The van der Waals surface area contributed by atoms with Crippen molar-refractivity contribution in [2.45, 2.75) is 25.7 Å². The Hall–Kier alpha value is -1.15. The maximum absolute atomic E-state index is 11.1. The number of hydrogen-bond acceptors (Lipinski definition) is 6. The van der Waals surface area contributed by atoms with Crippen LogP contribution in [0, 0.1) is 0 Å². The van der Waals surface area contributed by atoms with E-state index in [1.54, 1.807) is 32.0 Å². The second-order valence-electron chi connectivity index (χ2n) is 4.76. The van der Waals surface area contributed by atoms with Crippen LogP contribution >= 0.6 is 0 Å².